The summed E-state index contributed by atoms with van der Waals surface area (Å²) < 4.78 is 26.5. The van der Waals surface area contributed by atoms with Crippen LogP contribution in [0.2, 0.25) is 0 Å². The largest absolute Gasteiger partial charge is 0.388 e. The first-order chi connectivity index (χ1) is 13.8. The van der Waals surface area contributed by atoms with E-state index in [9.17, 15) is 13.5 Å². The zero-order chi connectivity index (χ0) is 20.9. The molecular weight excluding hydrogens is 442 g/mol. The fraction of sp³-hybridized carbons (Fsp3) is 0.381. The zero-order valence-electron chi connectivity index (χ0n) is 17.1. The summed E-state index contributed by atoms with van der Waals surface area (Å²) in [6.45, 7) is 5.24. The van der Waals surface area contributed by atoms with Crippen molar-refractivity contribution >= 4 is 43.8 Å². The van der Waals surface area contributed by atoms with E-state index >= 15 is 0 Å². The van der Waals surface area contributed by atoms with Crippen molar-refractivity contribution in [3.63, 3.8) is 0 Å². The van der Waals surface area contributed by atoms with Gasteiger partial charge in [-0.1, -0.05) is 37.3 Å². The van der Waals surface area contributed by atoms with Gasteiger partial charge in [0.1, 0.15) is 0 Å². The highest BCUT2D eigenvalue weighted by Crippen LogP contribution is 2.24. The molecular formula is C21H28ClN3O3S2. The van der Waals surface area contributed by atoms with Crippen LogP contribution in [0.5, 0.6) is 0 Å². The maximum Gasteiger partial charge on any atom is 0.181 e. The molecule has 6 nitrogen and oxygen atoms in total. The Kier molecular flexibility index (Phi) is 8.78. The Morgan fingerprint density at radius 3 is 2.63 bits per heavy atom. The van der Waals surface area contributed by atoms with Gasteiger partial charge in [-0.2, -0.15) is 0 Å². The number of sulfone groups is 1. The van der Waals surface area contributed by atoms with E-state index in [1.54, 1.807) is 30.6 Å². The smallest absolute Gasteiger partial charge is 0.181 e. The molecule has 3 aromatic rings. The van der Waals surface area contributed by atoms with Crippen LogP contribution in [0.25, 0.3) is 10.2 Å². The summed E-state index contributed by atoms with van der Waals surface area (Å²) in [6, 6.07) is 14.9. The monoisotopic (exact) mass is 469 g/mol. The number of halogens is 1. The Morgan fingerprint density at radius 1 is 1.20 bits per heavy atom. The van der Waals surface area contributed by atoms with Crippen molar-refractivity contribution < 1.29 is 13.5 Å². The predicted molar refractivity (Wildman–Crippen MR) is 125 cm³/mol. The summed E-state index contributed by atoms with van der Waals surface area (Å²) in [5.41, 5.74) is 5.43. The third kappa shape index (κ3) is 6.73. The molecule has 1 aromatic heterocycles. The van der Waals surface area contributed by atoms with Crippen LogP contribution in [0.3, 0.4) is 0 Å². The topological polar surface area (TPSA) is 82.5 Å². The van der Waals surface area contributed by atoms with E-state index in [4.69, 9.17) is 0 Å². The van der Waals surface area contributed by atoms with Crippen LogP contribution < -0.4 is 5.43 Å². The second kappa shape index (κ2) is 10.7. The molecule has 0 radical (unpaired) electrons. The molecule has 0 saturated heterocycles. The first kappa shape index (κ1) is 24.7. The van der Waals surface area contributed by atoms with Gasteiger partial charge in [0.15, 0.2) is 9.84 Å². The lowest BCUT2D eigenvalue weighted by Crippen LogP contribution is -2.49. The average molecular weight is 470 g/mol. The molecule has 164 valence electrons. The lowest BCUT2D eigenvalue weighted by molar-refractivity contribution is 0.0477. The minimum atomic E-state index is -3.64. The average Bonchev–Trinajstić information content (AvgIpc) is 3.14. The number of benzene rings is 2. The fourth-order valence-electron chi connectivity index (χ4n) is 3.14. The van der Waals surface area contributed by atoms with Gasteiger partial charge in [0.05, 0.1) is 32.0 Å². The molecule has 0 bridgehead atoms. The quantitative estimate of drug-likeness (QED) is 0.441. The molecule has 1 heterocycles. The summed E-state index contributed by atoms with van der Waals surface area (Å²) in [4.78, 5) is 4.39. The minimum absolute atomic E-state index is 0. The van der Waals surface area contributed by atoms with E-state index in [2.05, 4.69) is 17.3 Å². The van der Waals surface area contributed by atoms with Gasteiger partial charge in [0.25, 0.3) is 0 Å². The minimum Gasteiger partial charge on any atom is -0.388 e. The van der Waals surface area contributed by atoms with Crippen molar-refractivity contribution in [2.75, 3.05) is 18.8 Å². The molecule has 0 unspecified atom stereocenters. The lowest BCUT2D eigenvalue weighted by Gasteiger charge is -2.29. The molecule has 0 aliphatic carbocycles. The van der Waals surface area contributed by atoms with Gasteiger partial charge >= 0.3 is 0 Å². The Labute approximate surface area is 188 Å². The fourth-order valence-corrected chi connectivity index (χ4v) is 5.59. The first-order valence-corrected chi connectivity index (χ1v) is 12.1. The van der Waals surface area contributed by atoms with Gasteiger partial charge in [-0.3, -0.25) is 5.43 Å². The van der Waals surface area contributed by atoms with Gasteiger partial charge in [-0.25, -0.2) is 18.4 Å². The summed E-state index contributed by atoms with van der Waals surface area (Å²) in [7, 11) is -3.64. The number of rotatable bonds is 10. The number of fused-ring (bicyclic) bond motifs is 1. The van der Waals surface area contributed by atoms with Crippen LogP contribution in [0.4, 0.5) is 0 Å². The van der Waals surface area contributed by atoms with E-state index in [-0.39, 0.29) is 29.6 Å². The summed E-state index contributed by atoms with van der Waals surface area (Å²) in [5.74, 6) is -0.359. The van der Waals surface area contributed by atoms with Crippen molar-refractivity contribution in [3.05, 3.63) is 59.6 Å². The van der Waals surface area contributed by atoms with Gasteiger partial charge in [-0.15, -0.1) is 23.7 Å². The summed E-state index contributed by atoms with van der Waals surface area (Å²) in [6.07, 6.45) is 0.940. The summed E-state index contributed by atoms with van der Waals surface area (Å²) >= 11 is 1.40. The van der Waals surface area contributed by atoms with Crippen molar-refractivity contribution in [2.24, 2.45) is 0 Å². The van der Waals surface area contributed by atoms with Crippen LogP contribution in [-0.4, -0.2) is 48.0 Å². The maximum absolute atomic E-state index is 12.9. The van der Waals surface area contributed by atoms with Crippen LogP contribution in [0.1, 0.15) is 25.8 Å². The summed E-state index contributed by atoms with van der Waals surface area (Å²) in [5, 5.41) is 12.8. The molecule has 0 amide bonds. The second-order valence-corrected chi connectivity index (χ2v) is 10.4. The number of aromatic nitrogens is 1. The lowest BCUT2D eigenvalue weighted by atomic mass is 10.1. The molecule has 0 aliphatic heterocycles. The van der Waals surface area contributed by atoms with E-state index in [0.29, 0.717) is 6.54 Å². The van der Waals surface area contributed by atoms with Gasteiger partial charge in [0, 0.05) is 19.6 Å². The Hall–Kier alpha value is -1.55. The Bertz CT molecular complexity index is 1040. The van der Waals surface area contributed by atoms with E-state index in [0.717, 1.165) is 28.7 Å². The van der Waals surface area contributed by atoms with E-state index < -0.39 is 15.4 Å². The number of aliphatic hydroxyl groups is 1. The first-order valence-electron chi connectivity index (χ1n) is 9.60. The Balaban J connectivity index is 0.00000320. The van der Waals surface area contributed by atoms with Crippen LogP contribution >= 0.6 is 23.7 Å². The molecule has 0 fully saturated rings. The zero-order valence-corrected chi connectivity index (χ0v) is 19.6. The Morgan fingerprint density at radius 2 is 1.93 bits per heavy atom. The van der Waals surface area contributed by atoms with Crippen LogP contribution in [0, 0.1) is 0 Å². The molecule has 2 N–H and O–H groups in total. The van der Waals surface area contributed by atoms with Crippen molar-refractivity contribution in [1.29, 1.82) is 0 Å². The van der Waals surface area contributed by atoms with Gasteiger partial charge in [-0.05, 0) is 37.1 Å². The third-order valence-corrected chi connectivity index (χ3v) is 7.32. The van der Waals surface area contributed by atoms with Crippen LogP contribution in [0.15, 0.2) is 58.9 Å². The standard InChI is InChI=1S/C21H27N3O3S2.ClH/c1-3-11-24(13-17-7-5-4-6-8-17)23-14-21(2,25)15-29(26,27)18-9-10-19-20(12-18)28-16-22-19;/h4-10,12,16,23,25H,3,11,13-15H2,1-2H3;1H/t21-;/m1./s1. The number of nitrogens with one attached hydrogen (secondary N) is 1. The third-order valence-electron chi connectivity index (χ3n) is 4.56. The van der Waals surface area contributed by atoms with Crippen molar-refractivity contribution in [3.8, 4) is 0 Å². The number of thiazole rings is 1. The molecule has 30 heavy (non-hydrogen) atoms. The molecule has 2 aromatic carbocycles. The number of hydrogen-bond donors (Lipinski definition) is 2. The number of nitrogens with zero attached hydrogens (tertiary/aromatic N) is 2. The highest BCUT2D eigenvalue weighted by atomic mass is 35.5. The van der Waals surface area contributed by atoms with Crippen LogP contribution in [-0.2, 0) is 16.4 Å². The molecule has 0 saturated carbocycles. The second-order valence-electron chi connectivity index (χ2n) is 7.48. The maximum atomic E-state index is 12.9. The molecule has 3 rings (SSSR count). The molecule has 9 heteroatoms. The number of hydrazine groups is 1. The van der Waals surface area contributed by atoms with Crippen molar-refractivity contribution in [2.45, 2.75) is 37.3 Å². The highest BCUT2D eigenvalue weighted by Gasteiger charge is 2.30. The van der Waals surface area contributed by atoms with E-state index in [1.165, 1.54) is 11.3 Å². The van der Waals surface area contributed by atoms with E-state index in [1.807, 2.05) is 35.3 Å². The SMILES string of the molecule is CCCN(Cc1ccccc1)NC[C@@](C)(O)CS(=O)(=O)c1ccc2ncsc2c1.Cl. The molecule has 1 atom stereocenters. The van der Waals surface area contributed by atoms with Gasteiger partial charge < -0.3 is 5.11 Å². The normalized spacial score (nSPS) is 13.9. The number of hydrogen-bond acceptors (Lipinski definition) is 7. The predicted octanol–water partition coefficient (Wildman–Crippen LogP) is 3.66. The molecule has 0 aliphatic rings. The molecule has 0 spiro atoms. The van der Waals surface area contributed by atoms with Crippen molar-refractivity contribution in [1.82, 2.24) is 15.4 Å². The van der Waals surface area contributed by atoms with Gasteiger partial charge in [0.2, 0.25) is 0 Å². The highest BCUT2D eigenvalue weighted by molar-refractivity contribution is 7.91.